The molecule has 0 aliphatic rings. The lowest BCUT2D eigenvalue weighted by molar-refractivity contribution is -0.122. The van der Waals surface area contributed by atoms with Crippen molar-refractivity contribution < 1.29 is 4.79 Å². The van der Waals surface area contributed by atoms with Crippen LogP contribution in [0.5, 0.6) is 0 Å². The van der Waals surface area contributed by atoms with E-state index in [1.54, 1.807) is 12.3 Å². The lowest BCUT2D eigenvalue weighted by Crippen LogP contribution is -2.33. The number of amides is 1. The molecule has 27 heavy (non-hydrogen) atoms. The van der Waals surface area contributed by atoms with Crippen molar-refractivity contribution in [2.24, 2.45) is 0 Å². The zero-order valence-electron chi connectivity index (χ0n) is 15.1. The Morgan fingerprint density at radius 3 is 2.44 bits per heavy atom. The molecule has 4 aromatic rings. The number of carbonyl (C=O) groups excluding carboxylic acids is 1. The Labute approximate surface area is 157 Å². The van der Waals surface area contributed by atoms with E-state index in [9.17, 15) is 9.59 Å². The third kappa shape index (κ3) is 3.47. The van der Waals surface area contributed by atoms with Gasteiger partial charge in [-0.2, -0.15) is 0 Å². The second-order valence-electron chi connectivity index (χ2n) is 6.73. The van der Waals surface area contributed by atoms with Crippen molar-refractivity contribution in [3.63, 3.8) is 0 Å². The SMILES string of the molecule is C[C@H](NC(=O)Cn1ccc2ccccc2c1=O)c1ccc2ccccc2c1. The molecule has 1 atom stereocenters. The summed E-state index contributed by atoms with van der Waals surface area (Å²) in [6.45, 7) is 1.95. The molecular formula is C23H20N2O2. The molecule has 0 spiro atoms. The molecule has 4 rings (SSSR count). The van der Waals surface area contributed by atoms with Gasteiger partial charge in [-0.05, 0) is 46.8 Å². The molecule has 3 aromatic carbocycles. The Hall–Kier alpha value is -3.40. The zero-order valence-corrected chi connectivity index (χ0v) is 15.1. The maximum Gasteiger partial charge on any atom is 0.258 e. The summed E-state index contributed by atoms with van der Waals surface area (Å²) in [5.74, 6) is -0.187. The minimum atomic E-state index is -0.187. The predicted octanol–water partition coefficient (Wildman–Crippen LogP) is 4.03. The number of hydrogen-bond donors (Lipinski definition) is 1. The monoisotopic (exact) mass is 356 g/mol. The molecule has 4 heteroatoms. The quantitative estimate of drug-likeness (QED) is 0.600. The van der Waals surface area contributed by atoms with Crippen LogP contribution in [0.3, 0.4) is 0 Å². The molecular weight excluding hydrogens is 336 g/mol. The molecule has 0 aliphatic heterocycles. The van der Waals surface area contributed by atoms with Crippen LogP contribution in [0.1, 0.15) is 18.5 Å². The first kappa shape index (κ1) is 17.0. The van der Waals surface area contributed by atoms with E-state index in [4.69, 9.17) is 0 Å². The van der Waals surface area contributed by atoms with Gasteiger partial charge in [-0.25, -0.2) is 0 Å². The van der Waals surface area contributed by atoms with Gasteiger partial charge >= 0.3 is 0 Å². The zero-order chi connectivity index (χ0) is 18.8. The summed E-state index contributed by atoms with van der Waals surface area (Å²) >= 11 is 0. The third-order valence-electron chi connectivity index (χ3n) is 4.85. The topological polar surface area (TPSA) is 51.1 Å². The first-order valence-electron chi connectivity index (χ1n) is 8.98. The van der Waals surface area contributed by atoms with Crippen LogP contribution in [0.15, 0.2) is 83.8 Å². The third-order valence-corrected chi connectivity index (χ3v) is 4.85. The predicted molar refractivity (Wildman–Crippen MR) is 109 cm³/mol. The van der Waals surface area contributed by atoms with Crippen LogP contribution < -0.4 is 10.9 Å². The Morgan fingerprint density at radius 2 is 1.63 bits per heavy atom. The Morgan fingerprint density at radius 1 is 0.926 bits per heavy atom. The van der Waals surface area contributed by atoms with Crippen molar-refractivity contribution in [1.29, 1.82) is 0 Å². The minimum Gasteiger partial charge on any atom is -0.348 e. The summed E-state index contributed by atoms with van der Waals surface area (Å²) in [5, 5.41) is 6.79. The van der Waals surface area contributed by atoms with Crippen LogP contribution in [0.4, 0.5) is 0 Å². The molecule has 0 aliphatic carbocycles. The van der Waals surface area contributed by atoms with E-state index >= 15 is 0 Å². The maximum absolute atomic E-state index is 12.5. The molecule has 0 radical (unpaired) electrons. The van der Waals surface area contributed by atoms with Crippen molar-refractivity contribution in [2.75, 3.05) is 0 Å². The average molecular weight is 356 g/mol. The van der Waals surface area contributed by atoms with Gasteiger partial charge in [0, 0.05) is 11.6 Å². The summed E-state index contributed by atoms with van der Waals surface area (Å²) in [6, 6.07) is 23.4. The first-order chi connectivity index (χ1) is 13.1. The molecule has 0 unspecified atom stereocenters. The van der Waals surface area contributed by atoms with Gasteiger partial charge in [-0.1, -0.05) is 54.6 Å². The summed E-state index contributed by atoms with van der Waals surface area (Å²) in [4.78, 5) is 25.0. The van der Waals surface area contributed by atoms with Crippen LogP contribution in [0, 0.1) is 0 Å². The lowest BCUT2D eigenvalue weighted by Gasteiger charge is -2.16. The first-order valence-corrected chi connectivity index (χ1v) is 8.98. The number of rotatable bonds is 4. The fourth-order valence-electron chi connectivity index (χ4n) is 3.36. The fraction of sp³-hybridized carbons (Fsp3) is 0.130. The van der Waals surface area contributed by atoms with E-state index in [0.717, 1.165) is 16.3 Å². The molecule has 1 heterocycles. The number of hydrogen-bond acceptors (Lipinski definition) is 2. The van der Waals surface area contributed by atoms with Crippen LogP contribution in [-0.2, 0) is 11.3 Å². The standard InChI is InChI=1S/C23H20N2O2/c1-16(19-11-10-17-6-2-3-8-20(17)14-19)24-22(26)15-25-13-12-18-7-4-5-9-21(18)23(25)27/h2-14,16H,15H2,1H3,(H,24,26)/t16-/m0/s1. The van der Waals surface area contributed by atoms with E-state index in [1.165, 1.54) is 9.95 Å². The lowest BCUT2D eigenvalue weighted by atomic mass is 10.0. The summed E-state index contributed by atoms with van der Waals surface area (Å²) in [6.07, 6.45) is 1.67. The van der Waals surface area contributed by atoms with Gasteiger partial charge in [0.15, 0.2) is 0 Å². The minimum absolute atomic E-state index is 0.00158. The summed E-state index contributed by atoms with van der Waals surface area (Å²) in [5.41, 5.74) is 0.884. The number of nitrogens with one attached hydrogen (secondary N) is 1. The van der Waals surface area contributed by atoms with Gasteiger partial charge in [-0.3, -0.25) is 9.59 Å². The molecule has 4 nitrogen and oxygen atoms in total. The molecule has 1 amide bonds. The van der Waals surface area contributed by atoms with Crippen LogP contribution in [-0.4, -0.2) is 10.5 Å². The van der Waals surface area contributed by atoms with Gasteiger partial charge < -0.3 is 9.88 Å². The van der Waals surface area contributed by atoms with Crippen LogP contribution in [0.25, 0.3) is 21.5 Å². The van der Waals surface area contributed by atoms with Crippen molar-refractivity contribution in [3.05, 3.63) is 94.9 Å². The van der Waals surface area contributed by atoms with E-state index in [0.29, 0.717) is 5.39 Å². The highest BCUT2D eigenvalue weighted by molar-refractivity contribution is 5.84. The Bertz CT molecular complexity index is 1190. The summed E-state index contributed by atoms with van der Waals surface area (Å²) < 4.78 is 1.45. The number of carbonyl (C=O) groups is 1. The second kappa shape index (κ2) is 7.08. The summed E-state index contributed by atoms with van der Waals surface area (Å²) in [7, 11) is 0. The molecule has 0 bridgehead atoms. The number of aromatic nitrogens is 1. The molecule has 1 aromatic heterocycles. The van der Waals surface area contributed by atoms with Gasteiger partial charge in [0.05, 0.1) is 6.04 Å². The Balaban J connectivity index is 1.51. The van der Waals surface area contributed by atoms with Crippen LogP contribution in [0.2, 0.25) is 0 Å². The molecule has 0 fully saturated rings. The van der Waals surface area contributed by atoms with Crippen LogP contribution >= 0.6 is 0 Å². The normalized spacial score (nSPS) is 12.2. The highest BCUT2D eigenvalue weighted by Crippen LogP contribution is 2.20. The molecule has 1 N–H and O–H groups in total. The Kier molecular flexibility index (Phi) is 4.47. The largest absolute Gasteiger partial charge is 0.348 e. The molecule has 134 valence electrons. The van der Waals surface area contributed by atoms with Gasteiger partial charge in [0.25, 0.3) is 5.56 Å². The smallest absolute Gasteiger partial charge is 0.258 e. The van der Waals surface area contributed by atoms with E-state index < -0.39 is 0 Å². The fourth-order valence-corrected chi connectivity index (χ4v) is 3.36. The number of nitrogens with zero attached hydrogens (tertiary/aromatic N) is 1. The number of benzene rings is 3. The van der Waals surface area contributed by atoms with E-state index in [2.05, 4.69) is 29.6 Å². The molecule has 0 saturated heterocycles. The van der Waals surface area contributed by atoms with Gasteiger partial charge in [-0.15, -0.1) is 0 Å². The highest BCUT2D eigenvalue weighted by Gasteiger charge is 2.12. The number of fused-ring (bicyclic) bond motifs is 2. The van der Waals surface area contributed by atoms with E-state index in [1.807, 2.05) is 49.4 Å². The van der Waals surface area contributed by atoms with Crippen molar-refractivity contribution >= 4 is 27.5 Å². The number of pyridine rings is 1. The maximum atomic E-state index is 12.5. The van der Waals surface area contributed by atoms with Crippen molar-refractivity contribution in [2.45, 2.75) is 19.5 Å². The van der Waals surface area contributed by atoms with Gasteiger partial charge in [0.1, 0.15) is 6.54 Å². The van der Waals surface area contributed by atoms with E-state index in [-0.39, 0.29) is 24.1 Å². The highest BCUT2D eigenvalue weighted by atomic mass is 16.2. The molecule has 0 saturated carbocycles. The average Bonchev–Trinajstić information content (AvgIpc) is 2.70. The van der Waals surface area contributed by atoms with Crippen molar-refractivity contribution in [3.8, 4) is 0 Å². The van der Waals surface area contributed by atoms with Gasteiger partial charge in [0.2, 0.25) is 5.91 Å². The second-order valence-corrected chi connectivity index (χ2v) is 6.73. The van der Waals surface area contributed by atoms with Crippen molar-refractivity contribution in [1.82, 2.24) is 9.88 Å².